The second-order valence-electron chi connectivity index (χ2n) is 9.36. The van der Waals surface area contributed by atoms with E-state index in [1.165, 1.54) is 4.57 Å². The van der Waals surface area contributed by atoms with Crippen LogP contribution in [0.3, 0.4) is 0 Å². The molecule has 0 saturated carbocycles. The topological polar surface area (TPSA) is 101 Å². The van der Waals surface area contributed by atoms with Crippen LogP contribution in [0, 0.1) is 5.41 Å². The molecule has 0 aliphatic carbocycles. The van der Waals surface area contributed by atoms with Gasteiger partial charge in [-0.1, -0.05) is 6.58 Å². The zero-order valence-corrected chi connectivity index (χ0v) is 21.2. The number of anilines is 2. The molecule has 2 aliphatic heterocycles. The first-order chi connectivity index (χ1) is 17.9. The third-order valence-corrected chi connectivity index (χ3v) is 6.68. The zero-order valence-electron chi connectivity index (χ0n) is 21.2. The molecule has 1 fully saturated rings. The van der Waals surface area contributed by atoms with Crippen molar-refractivity contribution in [2.24, 2.45) is 0 Å². The maximum atomic E-state index is 13.8. The van der Waals surface area contributed by atoms with Gasteiger partial charge >= 0.3 is 0 Å². The van der Waals surface area contributed by atoms with E-state index in [4.69, 9.17) is 14.9 Å². The fourth-order valence-corrected chi connectivity index (χ4v) is 4.68. The van der Waals surface area contributed by atoms with Crippen LogP contribution in [0.25, 0.3) is 0 Å². The van der Waals surface area contributed by atoms with Crippen molar-refractivity contribution in [2.45, 2.75) is 38.3 Å². The monoisotopic (exact) mass is 511 g/mol. The fourth-order valence-electron chi connectivity index (χ4n) is 4.68. The van der Waals surface area contributed by atoms with Crippen LogP contribution in [-0.4, -0.2) is 79.0 Å². The number of ether oxygens (including phenoxy) is 2. The number of carbonyl (C=O) groups is 2. The van der Waals surface area contributed by atoms with Crippen LogP contribution in [0.15, 0.2) is 42.7 Å². The van der Waals surface area contributed by atoms with Crippen LogP contribution < -0.4 is 10.4 Å². The first-order valence-electron chi connectivity index (χ1n) is 12.7. The van der Waals surface area contributed by atoms with Crippen LogP contribution in [0.4, 0.5) is 15.9 Å². The predicted molar refractivity (Wildman–Crippen MR) is 137 cm³/mol. The number of halogens is 1. The number of hydrogen-bond acceptors (Lipinski definition) is 7. The van der Waals surface area contributed by atoms with Crippen molar-refractivity contribution >= 4 is 23.3 Å². The Hall–Kier alpha value is -3.37. The summed E-state index contributed by atoms with van der Waals surface area (Å²) in [7, 11) is 1.60. The molecule has 2 aliphatic rings. The average molecular weight is 512 g/mol. The van der Waals surface area contributed by atoms with E-state index in [0.29, 0.717) is 63.3 Å². The summed E-state index contributed by atoms with van der Waals surface area (Å²) in [6.45, 7) is 6.53. The number of carbonyl (C=O) groups excluding carboxylic acids is 2. The Balaban J connectivity index is 1.46. The number of hydrogen-bond donors (Lipinski definition) is 1. The van der Waals surface area contributed by atoms with Crippen molar-refractivity contribution in [3.05, 3.63) is 59.4 Å². The normalized spacial score (nSPS) is 17.4. The number of amides is 1. The molecule has 1 amide bonds. The number of methoxy groups -OCH3 is 1. The number of piperidine rings is 1. The lowest BCUT2D eigenvalue weighted by molar-refractivity contribution is 0.0635. The van der Waals surface area contributed by atoms with Gasteiger partial charge in [-0.15, -0.1) is 0 Å². The Kier molecular flexibility index (Phi) is 8.83. The highest BCUT2D eigenvalue weighted by molar-refractivity contribution is 5.95. The van der Waals surface area contributed by atoms with E-state index in [1.807, 2.05) is 11.0 Å². The van der Waals surface area contributed by atoms with Crippen molar-refractivity contribution in [1.82, 2.24) is 14.5 Å². The minimum atomic E-state index is -0.975. The Morgan fingerprint density at radius 2 is 2.05 bits per heavy atom. The van der Waals surface area contributed by atoms with Crippen molar-refractivity contribution in [3.63, 3.8) is 0 Å². The first kappa shape index (κ1) is 26.7. The molecular weight excluding hydrogens is 477 g/mol. The maximum Gasteiger partial charge on any atom is 0.258 e. The van der Waals surface area contributed by atoms with Gasteiger partial charge in [0.15, 0.2) is 0 Å². The van der Waals surface area contributed by atoms with Crippen LogP contribution >= 0.6 is 0 Å². The predicted octanol–water partition coefficient (Wildman–Crippen LogP) is 3.27. The molecule has 0 aromatic carbocycles. The van der Waals surface area contributed by atoms with Gasteiger partial charge in [-0.05, 0) is 43.4 Å². The van der Waals surface area contributed by atoms with E-state index in [2.05, 4.69) is 11.6 Å². The van der Waals surface area contributed by atoms with Crippen molar-refractivity contribution < 1.29 is 23.5 Å². The van der Waals surface area contributed by atoms with Crippen LogP contribution in [-0.2, 0) is 15.9 Å². The molecule has 1 N–H and O–H groups in total. The highest BCUT2D eigenvalue weighted by atomic mass is 19.1. The van der Waals surface area contributed by atoms with Crippen molar-refractivity contribution in [3.8, 4) is 0 Å². The summed E-state index contributed by atoms with van der Waals surface area (Å²) in [6, 6.07) is 5.26. The number of aromatic nitrogens is 2. The smallest absolute Gasteiger partial charge is 0.258 e. The van der Waals surface area contributed by atoms with Crippen LogP contribution in [0.1, 0.15) is 46.4 Å². The Labute approximate surface area is 216 Å². The van der Waals surface area contributed by atoms with Crippen LogP contribution in [0.5, 0.6) is 0 Å². The summed E-state index contributed by atoms with van der Waals surface area (Å²) < 4.78 is 25.4. The molecule has 1 atom stereocenters. The molecule has 9 nitrogen and oxygen atoms in total. The van der Waals surface area contributed by atoms with E-state index in [1.54, 1.807) is 36.5 Å². The minimum Gasteiger partial charge on any atom is -0.382 e. The van der Waals surface area contributed by atoms with E-state index in [-0.39, 0.29) is 23.8 Å². The zero-order chi connectivity index (χ0) is 26.4. The molecular formula is C27H34FN5O4. The summed E-state index contributed by atoms with van der Waals surface area (Å²) >= 11 is 0. The summed E-state index contributed by atoms with van der Waals surface area (Å²) in [5.41, 5.74) is 2.54. The largest absolute Gasteiger partial charge is 0.382 e. The van der Waals surface area contributed by atoms with E-state index < -0.39 is 6.17 Å². The van der Waals surface area contributed by atoms with Gasteiger partial charge < -0.3 is 19.3 Å². The van der Waals surface area contributed by atoms with Crippen molar-refractivity contribution in [1.29, 1.82) is 5.41 Å². The van der Waals surface area contributed by atoms with Crippen LogP contribution in [0.2, 0.25) is 0 Å². The lowest BCUT2D eigenvalue weighted by Crippen LogP contribution is -2.41. The van der Waals surface area contributed by atoms with Gasteiger partial charge in [0.2, 0.25) is 0 Å². The van der Waals surface area contributed by atoms with E-state index in [9.17, 15) is 14.0 Å². The van der Waals surface area contributed by atoms with Gasteiger partial charge in [0, 0.05) is 56.3 Å². The molecule has 0 unspecified atom stereocenters. The second-order valence-corrected chi connectivity index (χ2v) is 9.36. The molecule has 4 rings (SSSR count). The molecule has 2 aromatic rings. The van der Waals surface area contributed by atoms with Gasteiger partial charge in [-0.2, -0.15) is 0 Å². The molecule has 37 heavy (non-hydrogen) atoms. The number of fused-ring (bicyclic) bond motifs is 1. The number of likely N-dealkylation sites (tertiary alicyclic amines) is 1. The molecule has 198 valence electrons. The standard InChI is InChI=1S/C27H34FN5O4/c1-19(8-12-37-14-13-36-2)26(34)33-11-7-23(16-24(33)29)32-10-3-5-20-15-21(17-30-25(20)32)27(35)31-9-4-6-22(28)18-31/h7,11,15-17,22,29H,1,3-6,8-10,12-14,18H2,2H3/t22-/m1/s1. The molecule has 0 bridgehead atoms. The molecule has 10 heteroatoms. The number of rotatable bonds is 9. The van der Waals surface area contributed by atoms with Gasteiger partial charge in [0.1, 0.15) is 17.5 Å². The Morgan fingerprint density at radius 3 is 2.81 bits per heavy atom. The van der Waals surface area contributed by atoms with E-state index in [0.717, 1.165) is 29.9 Å². The van der Waals surface area contributed by atoms with Crippen molar-refractivity contribution in [2.75, 3.05) is 51.5 Å². The lowest BCUT2D eigenvalue weighted by Gasteiger charge is -2.32. The van der Waals surface area contributed by atoms with E-state index >= 15 is 0 Å². The van der Waals surface area contributed by atoms with Gasteiger partial charge in [0.25, 0.3) is 11.8 Å². The number of nitrogens with zero attached hydrogens (tertiary/aromatic N) is 4. The minimum absolute atomic E-state index is 0.0359. The first-order valence-corrected chi connectivity index (χ1v) is 12.7. The SMILES string of the molecule is C=C(CCOCCOC)C(=O)n1ccc(N2CCCc3cc(C(=O)N4CCC[C@@H](F)C4)cnc32)cc1=N. The van der Waals surface area contributed by atoms with Gasteiger partial charge in [0.05, 0.1) is 31.9 Å². The average Bonchev–Trinajstić information content (AvgIpc) is 2.91. The second kappa shape index (κ2) is 12.2. The summed E-state index contributed by atoms with van der Waals surface area (Å²) in [6.07, 6.45) is 5.31. The highest BCUT2D eigenvalue weighted by Gasteiger charge is 2.27. The van der Waals surface area contributed by atoms with Gasteiger partial charge in [-0.25, -0.2) is 9.37 Å². The maximum absolute atomic E-state index is 13.8. The summed E-state index contributed by atoms with van der Waals surface area (Å²) in [5.74, 6) is 0.193. The van der Waals surface area contributed by atoms with Gasteiger partial charge in [-0.3, -0.25) is 19.6 Å². The molecule has 2 aromatic heterocycles. The lowest BCUT2D eigenvalue weighted by atomic mass is 10.0. The summed E-state index contributed by atoms with van der Waals surface area (Å²) in [4.78, 5) is 33.9. The molecule has 1 saturated heterocycles. The number of aryl methyl sites for hydroxylation is 1. The third kappa shape index (κ3) is 6.31. The third-order valence-electron chi connectivity index (χ3n) is 6.68. The molecule has 0 radical (unpaired) electrons. The quantitative estimate of drug-likeness (QED) is 0.410. The summed E-state index contributed by atoms with van der Waals surface area (Å²) in [5, 5.41) is 8.45. The number of nitrogens with one attached hydrogen (secondary N) is 1. The fraction of sp³-hybridized carbons (Fsp3) is 0.481. The molecule has 0 spiro atoms. The number of alkyl halides is 1. The molecule has 4 heterocycles. The highest BCUT2D eigenvalue weighted by Crippen LogP contribution is 2.32. The Bertz CT molecular complexity index is 1210. The number of pyridine rings is 2. The Morgan fingerprint density at radius 1 is 1.22 bits per heavy atom.